The van der Waals surface area contributed by atoms with E-state index in [-0.39, 0.29) is 5.91 Å². The molecule has 0 aliphatic rings. The van der Waals surface area contributed by atoms with Crippen molar-refractivity contribution in [2.75, 3.05) is 5.32 Å². The molecule has 0 saturated heterocycles. The maximum Gasteiger partial charge on any atom is 0.231 e. The molecule has 0 aliphatic carbocycles. The summed E-state index contributed by atoms with van der Waals surface area (Å²) in [6.07, 6.45) is 2.02. The van der Waals surface area contributed by atoms with Crippen LogP contribution in [-0.4, -0.2) is 15.9 Å². The van der Waals surface area contributed by atoms with Gasteiger partial charge in [-0.15, -0.1) is 11.3 Å². The highest BCUT2D eigenvalue weighted by atomic mass is 32.1. The van der Waals surface area contributed by atoms with Crippen molar-refractivity contribution in [2.24, 2.45) is 0 Å². The molecule has 4 nitrogen and oxygen atoms in total. The van der Waals surface area contributed by atoms with Gasteiger partial charge in [0.15, 0.2) is 0 Å². The van der Waals surface area contributed by atoms with Crippen molar-refractivity contribution in [2.45, 2.75) is 33.1 Å². The first-order chi connectivity index (χ1) is 9.04. The number of hydrogen-bond acceptors (Lipinski definition) is 4. The summed E-state index contributed by atoms with van der Waals surface area (Å²) in [6.45, 7) is 6.15. The zero-order valence-electron chi connectivity index (χ0n) is 11.3. The van der Waals surface area contributed by atoms with Gasteiger partial charge in [-0.3, -0.25) is 4.79 Å². The van der Waals surface area contributed by atoms with Crippen molar-refractivity contribution in [3.63, 3.8) is 0 Å². The number of anilines is 1. The van der Waals surface area contributed by atoms with Crippen molar-refractivity contribution in [1.29, 1.82) is 0 Å². The van der Waals surface area contributed by atoms with Crippen LogP contribution >= 0.6 is 11.3 Å². The van der Waals surface area contributed by atoms with E-state index in [9.17, 15) is 4.79 Å². The van der Waals surface area contributed by atoms with Crippen LogP contribution in [0, 0.1) is 6.92 Å². The van der Waals surface area contributed by atoms with Crippen LogP contribution in [0.4, 0.5) is 5.82 Å². The number of hydrogen-bond donors (Lipinski definition) is 1. The van der Waals surface area contributed by atoms with E-state index in [1.807, 2.05) is 18.4 Å². The number of amides is 1. The molecule has 0 saturated carbocycles. The van der Waals surface area contributed by atoms with Gasteiger partial charge < -0.3 is 5.32 Å². The fourth-order valence-electron chi connectivity index (χ4n) is 1.56. The van der Waals surface area contributed by atoms with Crippen LogP contribution in [0.25, 0.3) is 0 Å². The van der Waals surface area contributed by atoms with E-state index in [0.29, 0.717) is 18.2 Å². The molecule has 2 aromatic rings. The fourth-order valence-corrected chi connectivity index (χ4v) is 2.40. The Morgan fingerprint density at radius 2 is 2.21 bits per heavy atom. The molecule has 0 bridgehead atoms. The molecule has 0 radical (unpaired) electrons. The van der Waals surface area contributed by atoms with Gasteiger partial charge in [0.05, 0.1) is 17.1 Å². The molecule has 5 heteroatoms. The molecule has 1 N–H and O–H groups in total. The van der Waals surface area contributed by atoms with Crippen molar-refractivity contribution >= 4 is 23.1 Å². The van der Waals surface area contributed by atoms with Gasteiger partial charge in [0.1, 0.15) is 5.82 Å². The van der Waals surface area contributed by atoms with Crippen LogP contribution in [-0.2, 0) is 11.2 Å². The SMILES string of the molecule is Cc1ccc(NC(=O)Cc2csc(C(C)C)n2)nc1. The number of nitrogens with one attached hydrogen (secondary N) is 1. The molecule has 0 spiro atoms. The summed E-state index contributed by atoms with van der Waals surface area (Å²) in [7, 11) is 0. The molecule has 2 aromatic heterocycles. The second-order valence-electron chi connectivity index (χ2n) is 4.78. The zero-order chi connectivity index (χ0) is 13.8. The zero-order valence-corrected chi connectivity index (χ0v) is 12.1. The number of pyridine rings is 1. The third-order valence-corrected chi connectivity index (χ3v) is 3.78. The van der Waals surface area contributed by atoms with Gasteiger partial charge in [-0.1, -0.05) is 19.9 Å². The number of nitrogens with zero attached hydrogens (tertiary/aromatic N) is 2. The van der Waals surface area contributed by atoms with E-state index in [1.54, 1.807) is 23.6 Å². The van der Waals surface area contributed by atoms with E-state index in [4.69, 9.17) is 0 Å². The van der Waals surface area contributed by atoms with Gasteiger partial charge in [0.2, 0.25) is 5.91 Å². The van der Waals surface area contributed by atoms with Gasteiger partial charge in [0, 0.05) is 17.5 Å². The third-order valence-electron chi connectivity index (χ3n) is 2.58. The Bertz CT molecular complexity index is 560. The van der Waals surface area contributed by atoms with Crippen molar-refractivity contribution in [3.8, 4) is 0 Å². The topological polar surface area (TPSA) is 54.9 Å². The number of aryl methyl sites for hydroxylation is 1. The molecule has 0 aliphatic heterocycles. The molecule has 0 unspecified atom stereocenters. The molecular weight excluding hydrogens is 258 g/mol. The van der Waals surface area contributed by atoms with E-state index in [0.717, 1.165) is 16.3 Å². The minimum absolute atomic E-state index is 0.0861. The average molecular weight is 275 g/mol. The molecule has 2 rings (SSSR count). The van der Waals surface area contributed by atoms with Crippen LogP contribution in [0.2, 0.25) is 0 Å². The highest BCUT2D eigenvalue weighted by Gasteiger charge is 2.10. The standard InChI is InChI=1S/C14H17N3OS/c1-9(2)14-16-11(8-19-14)6-13(18)17-12-5-4-10(3)7-15-12/h4-5,7-9H,6H2,1-3H3,(H,15,17,18). The summed E-state index contributed by atoms with van der Waals surface area (Å²) in [5, 5.41) is 5.78. The third kappa shape index (κ3) is 3.86. The highest BCUT2D eigenvalue weighted by Crippen LogP contribution is 2.19. The highest BCUT2D eigenvalue weighted by molar-refractivity contribution is 7.09. The van der Waals surface area contributed by atoms with Crippen LogP contribution in [0.15, 0.2) is 23.7 Å². The Balaban J connectivity index is 1.95. The number of rotatable bonds is 4. The van der Waals surface area contributed by atoms with Gasteiger partial charge in [-0.25, -0.2) is 9.97 Å². The summed E-state index contributed by atoms with van der Waals surface area (Å²) in [5.74, 6) is 0.896. The Hall–Kier alpha value is -1.75. The van der Waals surface area contributed by atoms with E-state index in [1.165, 1.54) is 0 Å². The first-order valence-electron chi connectivity index (χ1n) is 6.21. The largest absolute Gasteiger partial charge is 0.310 e. The van der Waals surface area contributed by atoms with E-state index in [2.05, 4.69) is 29.1 Å². The Morgan fingerprint density at radius 1 is 1.42 bits per heavy atom. The lowest BCUT2D eigenvalue weighted by molar-refractivity contribution is -0.115. The number of aromatic nitrogens is 2. The smallest absolute Gasteiger partial charge is 0.231 e. The van der Waals surface area contributed by atoms with Crippen molar-refractivity contribution < 1.29 is 4.79 Å². The molecule has 0 atom stereocenters. The summed E-state index contributed by atoms with van der Waals surface area (Å²) in [5.41, 5.74) is 1.89. The van der Waals surface area contributed by atoms with E-state index < -0.39 is 0 Å². The average Bonchev–Trinajstić information content (AvgIpc) is 2.80. The van der Waals surface area contributed by atoms with Crippen molar-refractivity contribution in [3.05, 3.63) is 40.0 Å². The Labute approximate surface area is 116 Å². The lowest BCUT2D eigenvalue weighted by atomic mass is 10.2. The second-order valence-corrected chi connectivity index (χ2v) is 5.67. The maximum absolute atomic E-state index is 11.9. The Morgan fingerprint density at radius 3 is 2.79 bits per heavy atom. The first-order valence-corrected chi connectivity index (χ1v) is 7.09. The van der Waals surface area contributed by atoms with E-state index >= 15 is 0 Å². The maximum atomic E-state index is 11.9. The molecule has 1 amide bonds. The molecular formula is C14H17N3OS. The Kier molecular flexibility index (Phi) is 4.27. The van der Waals surface area contributed by atoms with Crippen molar-refractivity contribution in [1.82, 2.24) is 9.97 Å². The predicted octanol–water partition coefficient (Wildman–Crippen LogP) is 3.15. The number of carbonyl (C=O) groups excluding carboxylic acids is 1. The van der Waals surface area contributed by atoms with Gasteiger partial charge >= 0.3 is 0 Å². The normalized spacial score (nSPS) is 10.7. The molecule has 0 aromatic carbocycles. The predicted molar refractivity (Wildman–Crippen MR) is 77.5 cm³/mol. The summed E-state index contributed by atoms with van der Waals surface area (Å²) < 4.78 is 0. The monoisotopic (exact) mass is 275 g/mol. The molecule has 19 heavy (non-hydrogen) atoms. The second kappa shape index (κ2) is 5.93. The van der Waals surface area contributed by atoms with Gasteiger partial charge in [0.25, 0.3) is 0 Å². The minimum Gasteiger partial charge on any atom is -0.310 e. The lowest BCUT2D eigenvalue weighted by Crippen LogP contribution is -2.15. The van der Waals surface area contributed by atoms with Crippen LogP contribution in [0.3, 0.4) is 0 Å². The van der Waals surface area contributed by atoms with Crippen LogP contribution in [0.1, 0.15) is 36.0 Å². The minimum atomic E-state index is -0.0861. The number of thiazole rings is 1. The lowest BCUT2D eigenvalue weighted by Gasteiger charge is -2.03. The summed E-state index contributed by atoms with van der Waals surface area (Å²) in [6, 6.07) is 3.72. The van der Waals surface area contributed by atoms with Gasteiger partial charge in [-0.05, 0) is 18.6 Å². The number of carbonyl (C=O) groups is 1. The molecule has 2 heterocycles. The summed E-state index contributed by atoms with van der Waals surface area (Å²) in [4.78, 5) is 20.4. The quantitative estimate of drug-likeness (QED) is 0.932. The van der Waals surface area contributed by atoms with Crippen LogP contribution < -0.4 is 5.32 Å². The fraction of sp³-hybridized carbons (Fsp3) is 0.357. The molecule has 0 fully saturated rings. The van der Waals surface area contributed by atoms with Crippen LogP contribution in [0.5, 0.6) is 0 Å². The van der Waals surface area contributed by atoms with Gasteiger partial charge in [-0.2, -0.15) is 0 Å². The molecule has 100 valence electrons. The summed E-state index contributed by atoms with van der Waals surface area (Å²) >= 11 is 1.60. The first kappa shape index (κ1) is 13.7.